The monoisotopic (exact) mass is 310 g/mol. The zero-order valence-corrected chi connectivity index (χ0v) is 14.4. The van der Waals surface area contributed by atoms with E-state index in [1.54, 1.807) is 0 Å². The van der Waals surface area contributed by atoms with Gasteiger partial charge in [0.15, 0.2) is 0 Å². The maximum atomic E-state index is 8.89. The smallest absolute Gasteiger partial charge is 0.652 e. The number of carboxylic acids is 2. The molecule has 0 aromatic heterocycles. The summed E-state index contributed by atoms with van der Waals surface area (Å²) in [6, 6.07) is 0. The second-order valence-corrected chi connectivity index (χ2v) is 1.48. The molecule has 0 aromatic rings. The van der Waals surface area contributed by atoms with Gasteiger partial charge in [-0.05, 0) is 26.2 Å². The molecule has 0 saturated carbocycles. The summed E-state index contributed by atoms with van der Waals surface area (Å²) in [4.78, 5) is 34.4. The van der Waals surface area contributed by atoms with Crippen molar-refractivity contribution in [3.63, 3.8) is 0 Å². The van der Waals surface area contributed by atoms with Crippen LogP contribution in [-0.2, 0) is 9.59 Å². The van der Waals surface area contributed by atoms with Gasteiger partial charge in [0, 0.05) is 11.9 Å². The van der Waals surface area contributed by atoms with Crippen LogP contribution in [0.1, 0.15) is 13.8 Å². The van der Waals surface area contributed by atoms with Crippen LogP contribution in [0, 0.1) is 0 Å². The molecule has 0 N–H and O–H groups in total. The van der Waals surface area contributed by atoms with E-state index in [-0.39, 0.29) is 69.2 Å². The molecule has 10 nitrogen and oxygen atoms in total. The fraction of sp³-hybridized carbons (Fsp3) is 0.333. The summed E-state index contributed by atoms with van der Waals surface area (Å²) in [7, 11) is 0. The molecule has 13 heteroatoms. The first-order valence-corrected chi connectivity index (χ1v) is 3.04. The van der Waals surface area contributed by atoms with Gasteiger partial charge in [-0.15, -0.1) is 0 Å². The average molecular weight is 311 g/mol. The summed E-state index contributed by atoms with van der Waals surface area (Å²) in [5.74, 6) is -2.17. The molecule has 0 radical (unpaired) electrons. The zero-order valence-electron chi connectivity index (χ0n) is 10.2. The molecule has 0 aliphatic heterocycles. The fourth-order valence-electron chi connectivity index (χ4n) is 0. The van der Waals surface area contributed by atoms with Crippen molar-refractivity contribution in [1.29, 1.82) is 0 Å². The first kappa shape index (κ1) is 42.8. The maximum absolute atomic E-state index is 8.89. The minimum Gasteiger partial charge on any atom is -0.652 e. The fourth-order valence-corrected chi connectivity index (χ4v) is 0. The van der Waals surface area contributed by atoms with Crippen molar-refractivity contribution < 1.29 is 49.8 Å². The van der Waals surface area contributed by atoms with E-state index in [1.807, 2.05) is 0 Å². The third-order valence-electron chi connectivity index (χ3n) is 0. The van der Waals surface area contributed by atoms with Crippen molar-refractivity contribution in [1.82, 2.24) is 0 Å². The number of carbonyl (C=O) groups is 4. The van der Waals surface area contributed by atoms with Crippen molar-refractivity contribution >= 4 is 93.4 Å². The molecule has 0 rings (SSSR count). The molecule has 0 bridgehead atoms. The minimum atomic E-state index is -2.33. The van der Waals surface area contributed by atoms with Gasteiger partial charge < -0.3 is 49.8 Å². The molecule has 0 atom stereocenters. The van der Waals surface area contributed by atoms with E-state index in [1.165, 1.54) is 0 Å². The predicted octanol–water partition coefficient (Wildman–Crippen LogP) is -8.52. The quantitative estimate of drug-likeness (QED) is 0.385. The summed E-state index contributed by atoms with van der Waals surface area (Å²) in [6.07, 6.45) is -4.67. The van der Waals surface area contributed by atoms with Gasteiger partial charge in [-0.3, -0.25) is 0 Å². The Morgan fingerprint density at radius 3 is 0.526 bits per heavy atom. The summed E-state index contributed by atoms with van der Waals surface area (Å²) in [5, 5.41) is 51.1. The molecule has 0 amide bonds. The van der Waals surface area contributed by atoms with Crippen molar-refractivity contribution in [3.05, 3.63) is 0 Å². The van der Waals surface area contributed by atoms with Crippen LogP contribution in [0.25, 0.3) is 0 Å². The molecule has 0 spiro atoms. The van der Waals surface area contributed by atoms with Crippen LogP contribution >= 0.6 is 0 Å². The van der Waals surface area contributed by atoms with E-state index in [2.05, 4.69) is 0 Å². The number of hydrogen-bond acceptors (Lipinski definition) is 10. The first-order chi connectivity index (χ1) is 6.93. The average Bonchev–Trinajstić information content (AvgIpc) is 1.76. The van der Waals surface area contributed by atoms with E-state index >= 15 is 0 Å². The molecule has 0 aliphatic rings. The van der Waals surface area contributed by atoms with Crippen LogP contribution in [0.5, 0.6) is 0 Å². The SMILES string of the molecule is CC(=O)[O-].CC(=O)[O-].O=C([O-])[O-].O=C([O-])[O-].[Mg+2].[Mg+2].[Mg+2]. The Morgan fingerprint density at radius 1 is 0.526 bits per heavy atom. The number of rotatable bonds is 0. The van der Waals surface area contributed by atoms with Gasteiger partial charge in [0.2, 0.25) is 0 Å². The number of carboxylic acid groups (broad SMARTS) is 6. The van der Waals surface area contributed by atoms with Gasteiger partial charge in [-0.1, -0.05) is 0 Å². The van der Waals surface area contributed by atoms with Gasteiger partial charge >= 0.3 is 69.2 Å². The molecular formula is C6H6Mg3O10. The molecule has 0 aromatic carbocycles. The molecule has 96 valence electrons. The largest absolute Gasteiger partial charge is 2.00 e. The van der Waals surface area contributed by atoms with Gasteiger partial charge in [-0.25, -0.2) is 0 Å². The molecule has 19 heavy (non-hydrogen) atoms. The molecular weight excluding hydrogens is 305 g/mol. The Labute approximate surface area is 156 Å². The van der Waals surface area contributed by atoms with E-state index in [0.717, 1.165) is 13.8 Å². The van der Waals surface area contributed by atoms with Gasteiger partial charge in [-0.2, -0.15) is 0 Å². The van der Waals surface area contributed by atoms with Crippen LogP contribution in [-0.4, -0.2) is 93.4 Å². The number of hydrogen-bond donors (Lipinski definition) is 0. The summed E-state index contributed by atoms with van der Waals surface area (Å²) >= 11 is 0. The molecule has 0 aliphatic carbocycles. The first-order valence-electron chi connectivity index (χ1n) is 3.04. The number of carbonyl (C=O) groups excluding carboxylic acids is 4. The predicted molar refractivity (Wildman–Crippen MR) is 49.4 cm³/mol. The third kappa shape index (κ3) is 90400. The van der Waals surface area contributed by atoms with Crippen molar-refractivity contribution in [2.24, 2.45) is 0 Å². The summed E-state index contributed by atoms with van der Waals surface area (Å²) in [5.41, 5.74) is 0. The van der Waals surface area contributed by atoms with E-state index < -0.39 is 24.2 Å². The van der Waals surface area contributed by atoms with E-state index in [9.17, 15) is 0 Å². The van der Waals surface area contributed by atoms with Crippen molar-refractivity contribution in [2.45, 2.75) is 13.8 Å². The molecule has 0 fully saturated rings. The third-order valence-corrected chi connectivity index (χ3v) is 0. The molecule has 0 unspecified atom stereocenters. The van der Waals surface area contributed by atoms with Crippen LogP contribution in [0.4, 0.5) is 9.59 Å². The van der Waals surface area contributed by atoms with Crippen molar-refractivity contribution in [3.8, 4) is 0 Å². The zero-order chi connectivity index (χ0) is 14.3. The van der Waals surface area contributed by atoms with Gasteiger partial charge in [0.25, 0.3) is 0 Å². The van der Waals surface area contributed by atoms with Gasteiger partial charge in [0.1, 0.15) is 0 Å². The topological polar surface area (TPSA) is 207 Å². The Kier molecular flexibility index (Phi) is 81.2. The Hall–Kier alpha value is -0.221. The van der Waals surface area contributed by atoms with Crippen molar-refractivity contribution in [2.75, 3.05) is 0 Å². The standard InChI is InChI=1S/2C2H4O2.2CH2O3.3Mg/c2*1-2(3)4;2*2-1(3)4;;;/h2*1H3,(H,3,4);2*(H2,2,3,4);;;/q;;;;3*+2/p-6. The van der Waals surface area contributed by atoms with E-state index in [4.69, 9.17) is 49.8 Å². The normalized spacial score (nSPS) is 5.16. The minimum absolute atomic E-state index is 0. The Morgan fingerprint density at radius 2 is 0.526 bits per heavy atom. The number of aliphatic carboxylic acids is 2. The Balaban J connectivity index is -0.0000000192. The second kappa shape index (κ2) is 36.1. The Bertz CT molecular complexity index is 167. The van der Waals surface area contributed by atoms with Gasteiger partial charge in [0.05, 0.1) is 0 Å². The second-order valence-electron chi connectivity index (χ2n) is 1.48. The van der Waals surface area contributed by atoms with Crippen LogP contribution in [0.3, 0.4) is 0 Å². The van der Waals surface area contributed by atoms with E-state index in [0.29, 0.717) is 0 Å². The summed E-state index contributed by atoms with van der Waals surface area (Å²) in [6.45, 7) is 1.94. The molecule has 0 saturated heterocycles. The summed E-state index contributed by atoms with van der Waals surface area (Å²) < 4.78 is 0. The van der Waals surface area contributed by atoms with Crippen LogP contribution in [0.2, 0.25) is 0 Å². The van der Waals surface area contributed by atoms with Crippen LogP contribution in [0.15, 0.2) is 0 Å². The molecule has 0 heterocycles. The maximum Gasteiger partial charge on any atom is 2.00 e. The van der Waals surface area contributed by atoms with Crippen LogP contribution < -0.4 is 30.6 Å².